The van der Waals surface area contributed by atoms with E-state index in [4.69, 9.17) is 28.3 Å². The lowest BCUT2D eigenvalue weighted by Crippen LogP contribution is -2.31. The number of hydrogen-bond acceptors (Lipinski definition) is 3. The van der Waals surface area contributed by atoms with E-state index in [9.17, 15) is 8.42 Å². The summed E-state index contributed by atoms with van der Waals surface area (Å²) < 4.78 is 23.2. The maximum atomic E-state index is 11.6. The second-order valence-corrected chi connectivity index (χ2v) is 8.65. The lowest BCUT2D eigenvalue weighted by atomic mass is 9.84. The fourth-order valence-electron chi connectivity index (χ4n) is 3.34. The monoisotopic (exact) mass is 384 g/mol. The molecule has 0 bridgehead atoms. The normalized spacial score (nSPS) is 18.5. The van der Waals surface area contributed by atoms with Gasteiger partial charge in [-0.05, 0) is 54.4 Å². The summed E-state index contributed by atoms with van der Waals surface area (Å²) in [7, 11) is -1.68. The van der Waals surface area contributed by atoms with Crippen LogP contribution in [0.1, 0.15) is 28.2 Å². The summed E-state index contributed by atoms with van der Waals surface area (Å²) in [6, 6.07) is 8.97. The minimum Gasteiger partial charge on any atom is -0.301 e. The van der Waals surface area contributed by atoms with E-state index in [0.29, 0.717) is 15.6 Å². The third kappa shape index (κ3) is 3.32. The van der Waals surface area contributed by atoms with E-state index in [1.165, 1.54) is 0 Å². The van der Waals surface area contributed by atoms with Crippen molar-refractivity contribution in [3.63, 3.8) is 0 Å². The van der Waals surface area contributed by atoms with Crippen molar-refractivity contribution in [2.45, 2.75) is 24.3 Å². The number of nitrogens with zero attached hydrogens (tertiary/aromatic N) is 1. The average Bonchev–Trinajstić information content (AvgIpc) is 2.46. The van der Waals surface area contributed by atoms with E-state index in [1.54, 1.807) is 19.1 Å². The number of halogens is 2. The van der Waals surface area contributed by atoms with Gasteiger partial charge >= 0.3 is 0 Å². The van der Waals surface area contributed by atoms with Crippen LogP contribution in [-0.2, 0) is 16.6 Å². The molecule has 2 aromatic rings. The van der Waals surface area contributed by atoms with Gasteiger partial charge in [-0.1, -0.05) is 35.3 Å². The third-order valence-electron chi connectivity index (χ3n) is 4.40. The van der Waals surface area contributed by atoms with Crippen LogP contribution >= 0.6 is 23.2 Å². The molecular weight excluding hydrogens is 367 g/mol. The van der Waals surface area contributed by atoms with Gasteiger partial charge in [0.05, 0.1) is 4.90 Å². The Morgan fingerprint density at radius 1 is 1.21 bits per heavy atom. The second-order valence-electron chi connectivity index (χ2n) is 6.27. The van der Waals surface area contributed by atoms with Crippen LogP contribution in [0.4, 0.5) is 0 Å². The van der Waals surface area contributed by atoms with Gasteiger partial charge in [-0.2, -0.15) is 0 Å². The Bertz CT molecular complexity index is 913. The van der Waals surface area contributed by atoms with Crippen molar-refractivity contribution in [2.24, 2.45) is 5.14 Å². The van der Waals surface area contributed by atoms with Gasteiger partial charge in [0, 0.05) is 29.1 Å². The molecule has 1 unspecified atom stereocenters. The molecular formula is C17H18Cl2N2O2S. The first-order chi connectivity index (χ1) is 11.2. The number of nitrogens with two attached hydrogens (primary N) is 1. The largest absolute Gasteiger partial charge is 0.301 e. The molecule has 0 saturated carbocycles. The number of benzene rings is 2. The Balaban J connectivity index is 2.13. The minimum absolute atomic E-state index is 0.0724. The number of aryl methyl sites for hydroxylation is 1. The molecule has 0 fully saturated rings. The molecule has 0 amide bonds. The summed E-state index contributed by atoms with van der Waals surface area (Å²) in [5.41, 5.74) is 3.81. The molecule has 128 valence electrons. The van der Waals surface area contributed by atoms with Gasteiger partial charge in [-0.25, -0.2) is 13.6 Å². The number of rotatable bonds is 2. The van der Waals surface area contributed by atoms with Gasteiger partial charge in [-0.3, -0.25) is 0 Å². The summed E-state index contributed by atoms with van der Waals surface area (Å²) in [4.78, 5) is 2.34. The zero-order chi connectivity index (χ0) is 17.6. The molecule has 2 N–H and O–H groups in total. The fourth-order valence-corrected chi connectivity index (χ4v) is 4.67. The number of sulfonamides is 1. The molecule has 0 spiro atoms. The van der Waals surface area contributed by atoms with Crippen LogP contribution in [0.5, 0.6) is 0 Å². The van der Waals surface area contributed by atoms with Crippen LogP contribution in [0.15, 0.2) is 35.2 Å². The molecule has 0 aliphatic carbocycles. The topological polar surface area (TPSA) is 63.4 Å². The molecule has 1 aliphatic heterocycles. The maximum Gasteiger partial charge on any atom is 0.238 e. The van der Waals surface area contributed by atoms with Crippen molar-refractivity contribution in [1.29, 1.82) is 0 Å². The van der Waals surface area contributed by atoms with Crippen molar-refractivity contribution >= 4 is 33.2 Å². The van der Waals surface area contributed by atoms with Gasteiger partial charge in [-0.15, -0.1) is 0 Å². The Labute approximate surface area is 152 Å². The number of likely N-dealkylation sites (N-methyl/N-ethyl adjacent to an activating group) is 1. The van der Waals surface area contributed by atoms with E-state index < -0.39 is 10.0 Å². The van der Waals surface area contributed by atoms with Gasteiger partial charge in [0.1, 0.15) is 0 Å². The molecule has 0 radical (unpaired) electrons. The zero-order valence-corrected chi connectivity index (χ0v) is 15.7. The SMILES string of the molecule is Cc1cc(C2CN(C)Cc3c(Cl)cc(Cl)cc32)ccc1S(N)(=O)=O. The van der Waals surface area contributed by atoms with Gasteiger partial charge < -0.3 is 4.90 Å². The smallest absolute Gasteiger partial charge is 0.238 e. The molecule has 1 aliphatic rings. The lowest BCUT2D eigenvalue weighted by Gasteiger charge is -2.33. The molecule has 3 rings (SSSR count). The maximum absolute atomic E-state index is 11.6. The molecule has 2 aromatic carbocycles. The molecule has 24 heavy (non-hydrogen) atoms. The lowest BCUT2D eigenvalue weighted by molar-refractivity contribution is 0.295. The van der Waals surface area contributed by atoms with Crippen molar-refractivity contribution in [1.82, 2.24) is 4.90 Å². The van der Waals surface area contributed by atoms with Crippen LogP contribution in [0.25, 0.3) is 0 Å². The highest BCUT2D eigenvalue weighted by Crippen LogP contribution is 2.38. The Morgan fingerprint density at radius 3 is 2.54 bits per heavy atom. The van der Waals surface area contributed by atoms with Crippen LogP contribution in [-0.4, -0.2) is 26.9 Å². The van der Waals surface area contributed by atoms with E-state index >= 15 is 0 Å². The average molecular weight is 385 g/mol. The number of primary sulfonamides is 1. The van der Waals surface area contributed by atoms with Crippen LogP contribution in [0.3, 0.4) is 0 Å². The zero-order valence-electron chi connectivity index (χ0n) is 13.4. The minimum atomic E-state index is -3.72. The summed E-state index contributed by atoms with van der Waals surface area (Å²) in [6.45, 7) is 3.32. The second kappa shape index (κ2) is 6.32. The molecule has 1 atom stereocenters. The summed E-state index contributed by atoms with van der Waals surface area (Å²) in [5, 5.41) is 6.52. The Hall–Kier alpha value is -1.11. The number of fused-ring (bicyclic) bond motifs is 1. The summed E-state index contributed by atoms with van der Waals surface area (Å²) in [5.74, 6) is 0.0724. The molecule has 0 aromatic heterocycles. The first kappa shape index (κ1) is 17.7. The van der Waals surface area contributed by atoms with E-state index in [1.807, 2.05) is 25.2 Å². The van der Waals surface area contributed by atoms with Crippen molar-refractivity contribution in [3.05, 3.63) is 62.6 Å². The predicted molar refractivity (Wildman–Crippen MR) is 97.2 cm³/mol. The van der Waals surface area contributed by atoms with Crippen molar-refractivity contribution < 1.29 is 8.42 Å². The summed E-state index contributed by atoms with van der Waals surface area (Å²) in [6.07, 6.45) is 0. The highest BCUT2D eigenvalue weighted by atomic mass is 35.5. The fraction of sp³-hybridized carbons (Fsp3) is 0.294. The molecule has 1 heterocycles. The van der Waals surface area contributed by atoms with Gasteiger partial charge in [0.15, 0.2) is 0 Å². The van der Waals surface area contributed by atoms with Crippen molar-refractivity contribution in [3.8, 4) is 0 Å². The first-order valence-electron chi connectivity index (χ1n) is 7.46. The number of hydrogen-bond donors (Lipinski definition) is 1. The summed E-state index contributed by atoms with van der Waals surface area (Å²) >= 11 is 12.6. The van der Waals surface area contributed by atoms with E-state index in [2.05, 4.69) is 4.90 Å². The standard InChI is InChI=1S/C17H18Cl2N2O2S/c1-10-5-11(3-4-17(10)24(20,22)23)14-8-21(2)9-15-13(14)6-12(18)7-16(15)19/h3-7,14H,8-9H2,1-2H3,(H2,20,22,23). The van der Waals surface area contributed by atoms with Gasteiger partial charge in [0.25, 0.3) is 0 Å². The van der Waals surface area contributed by atoms with E-state index in [0.717, 1.165) is 29.8 Å². The predicted octanol–water partition coefficient (Wildman–Crippen LogP) is 3.53. The van der Waals surface area contributed by atoms with Crippen LogP contribution < -0.4 is 5.14 Å². The van der Waals surface area contributed by atoms with Crippen molar-refractivity contribution in [2.75, 3.05) is 13.6 Å². The quantitative estimate of drug-likeness (QED) is 0.860. The highest BCUT2D eigenvalue weighted by Gasteiger charge is 2.27. The van der Waals surface area contributed by atoms with Gasteiger partial charge in [0.2, 0.25) is 10.0 Å². The Kier molecular flexibility index (Phi) is 4.66. The van der Waals surface area contributed by atoms with Crippen LogP contribution in [0, 0.1) is 6.92 Å². The molecule has 0 saturated heterocycles. The third-order valence-corrected chi connectivity index (χ3v) is 6.03. The molecule has 4 nitrogen and oxygen atoms in total. The van der Waals surface area contributed by atoms with Crippen LogP contribution in [0.2, 0.25) is 10.0 Å². The molecule has 7 heteroatoms. The highest BCUT2D eigenvalue weighted by molar-refractivity contribution is 7.89. The Morgan fingerprint density at radius 2 is 1.92 bits per heavy atom. The first-order valence-corrected chi connectivity index (χ1v) is 9.76. The van der Waals surface area contributed by atoms with E-state index in [-0.39, 0.29) is 10.8 Å².